The molecular formula is C4H6O3S. The summed E-state index contributed by atoms with van der Waals surface area (Å²) in [6.07, 6.45) is 1.32. The van der Waals surface area contributed by atoms with E-state index in [2.05, 4.69) is 9.47 Å². The number of thioether (sulfide) groups is 1. The summed E-state index contributed by atoms with van der Waals surface area (Å²) in [6, 6.07) is 0. The molecule has 0 aliphatic carbocycles. The zero-order chi connectivity index (χ0) is 5.98. The van der Waals surface area contributed by atoms with Crippen LogP contribution < -0.4 is 0 Å². The lowest BCUT2D eigenvalue weighted by molar-refractivity contribution is 0.129. The second-order valence-corrected chi connectivity index (χ2v) is 2.34. The summed E-state index contributed by atoms with van der Waals surface area (Å²) >= 11 is 1.47. The standard InChI is InChI=1S/C4H6O3S/c1-8-3-2-6-4(5)7-3/h3H,2H2,1H3. The molecule has 1 atom stereocenters. The fraction of sp³-hybridized carbons (Fsp3) is 0.750. The van der Waals surface area contributed by atoms with E-state index in [9.17, 15) is 4.79 Å². The second kappa shape index (κ2) is 2.26. The van der Waals surface area contributed by atoms with Crippen molar-refractivity contribution in [2.75, 3.05) is 12.9 Å². The van der Waals surface area contributed by atoms with Gasteiger partial charge in [0.25, 0.3) is 0 Å². The molecule has 0 saturated carbocycles. The van der Waals surface area contributed by atoms with Gasteiger partial charge in [0.1, 0.15) is 6.61 Å². The summed E-state index contributed by atoms with van der Waals surface area (Å²) in [5, 5.41) is 0. The van der Waals surface area contributed by atoms with Gasteiger partial charge in [0.15, 0.2) is 5.44 Å². The van der Waals surface area contributed by atoms with Crippen LogP contribution >= 0.6 is 11.8 Å². The van der Waals surface area contributed by atoms with Gasteiger partial charge in [0.2, 0.25) is 0 Å². The first-order chi connectivity index (χ1) is 3.83. The van der Waals surface area contributed by atoms with Crippen molar-refractivity contribution in [3.8, 4) is 0 Å². The molecule has 1 unspecified atom stereocenters. The topological polar surface area (TPSA) is 35.5 Å². The highest BCUT2D eigenvalue weighted by atomic mass is 32.2. The monoisotopic (exact) mass is 134 g/mol. The summed E-state index contributed by atoms with van der Waals surface area (Å²) in [5.74, 6) is 0. The highest BCUT2D eigenvalue weighted by Crippen LogP contribution is 2.15. The van der Waals surface area contributed by atoms with E-state index in [0.29, 0.717) is 6.61 Å². The Bertz CT molecular complexity index is 103. The van der Waals surface area contributed by atoms with Crippen LogP contribution in [0.5, 0.6) is 0 Å². The van der Waals surface area contributed by atoms with Crippen LogP contribution in [0.4, 0.5) is 4.79 Å². The first-order valence-electron chi connectivity index (χ1n) is 2.19. The van der Waals surface area contributed by atoms with E-state index in [0.717, 1.165) is 0 Å². The van der Waals surface area contributed by atoms with E-state index < -0.39 is 6.16 Å². The first kappa shape index (κ1) is 5.75. The fourth-order valence-electron chi connectivity index (χ4n) is 0.428. The molecule has 1 aliphatic heterocycles. The van der Waals surface area contributed by atoms with Crippen LogP contribution in [0.3, 0.4) is 0 Å². The minimum absolute atomic E-state index is 0.0810. The van der Waals surface area contributed by atoms with E-state index >= 15 is 0 Å². The molecule has 0 spiro atoms. The van der Waals surface area contributed by atoms with Crippen molar-refractivity contribution in [1.82, 2.24) is 0 Å². The lowest BCUT2D eigenvalue weighted by atomic mass is 10.8. The number of ether oxygens (including phenoxy) is 2. The molecule has 0 aromatic rings. The Hall–Kier alpha value is -0.380. The molecule has 4 heteroatoms. The predicted octanol–water partition coefficient (Wildman–Crippen LogP) is 0.842. The van der Waals surface area contributed by atoms with Crippen LogP contribution in [0, 0.1) is 0 Å². The third-order valence-electron chi connectivity index (χ3n) is 0.828. The molecule has 0 aromatic carbocycles. The predicted molar refractivity (Wildman–Crippen MR) is 29.7 cm³/mol. The number of carbonyl (C=O) groups is 1. The average molecular weight is 134 g/mol. The highest BCUT2D eigenvalue weighted by Gasteiger charge is 2.23. The number of rotatable bonds is 1. The summed E-state index contributed by atoms with van der Waals surface area (Å²) in [7, 11) is 0. The fourth-order valence-corrected chi connectivity index (χ4v) is 0.807. The van der Waals surface area contributed by atoms with Crippen LogP contribution in [-0.2, 0) is 9.47 Å². The molecule has 46 valence electrons. The van der Waals surface area contributed by atoms with Crippen LogP contribution in [0.15, 0.2) is 0 Å². The molecule has 1 rings (SSSR count). The van der Waals surface area contributed by atoms with E-state index in [1.54, 1.807) is 0 Å². The van der Waals surface area contributed by atoms with Crippen LogP contribution in [0.1, 0.15) is 0 Å². The van der Waals surface area contributed by atoms with Gasteiger partial charge < -0.3 is 9.47 Å². The molecule has 8 heavy (non-hydrogen) atoms. The van der Waals surface area contributed by atoms with Gasteiger partial charge in [-0.1, -0.05) is 0 Å². The lowest BCUT2D eigenvalue weighted by Gasteiger charge is -1.96. The van der Waals surface area contributed by atoms with Gasteiger partial charge in [0.05, 0.1) is 0 Å². The smallest absolute Gasteiger partial charge is 0.429 e. The van der Waals surface area contributed by atoms with E-state index in [-0.39, 0.29) is 5.44 Å². The summed E-state index contributed by atoms with van der Waals surface area (Å²) in [4.78, 5) is 10.2. The van der Waals surface area contributed by atoms with E-state index in [1.807, 2.05) is 6.26 Å². The zero-order valence-corrected chi connectivity index (χ0v) is 5.23. The van der Waals surface area contributed by atoms with Crippen molar-refractivity contribution in [1.29, 1.82) is 0 Å². The van der Waals surface area contributed by atoms with Gasteiger partial charge in [-0.3, -0.25) is 0 Å². The van der Waals surface area contributed by atoms with Crippen molar-refractivity contribution in [2.45, 2.75) is 5.44 Å². The Morgan fingerprint density at radius 2 is 2.62 bits per heavy atom. The largest absolute Gasteiger partial charge is 0.509 e. The van der Waals surface area contributed by atoms with Gasteiger partial charge in [0, 0.05) is 0 Å². The maximum Gasteiger partial charge on any atom is 0.509 e. The Morgan fingerprint density at radius 1 is 1.88 bits per heavy atom. The van der Waals surface area contributed by atoms with Crippen molar-refractivity contribution < 1.29 is 14.3 Å². The molecule has 0 radical (unpaired) electrons. The third-order valence-corrected chi connectivity index (χ3v) is 1.59. The lowest BCUT2D eigenvalue weighted by Crippen LogP contribution is -2.01. The van der Waals surface area contributed by atoms with Crippen molar-refractivity contribution in [3.63, 3.8) is 0 Å². The molecule has 0 N–H and O–H groups in total. The third kappa shape index (κ3) is 1.06. The van der Waals surface area contributed by atoms with Crippen LogP contribution in [0.25, 0.3) is 0 Å². The van der Waals surface area contributed by atoms with Crippen LogP contribution in [0.2, 0.25) is 0 Å². The SMILES string of the molecule is CSC1COC(=O)O1. The number of carbonyl (C=O) groups excluding carboxylic acids is 1. The Kier molecular flexibility index (Phi) is 1.62. The van der Waals surface area contributed by atoms with Crippen LogP contribution in [-0.4, -0.2) is 24.5 Å². The summed E-state index contributed by atoms with van der Waals surface area (Å²) in [5.41, 5.74) is -0.0810. The van der Waals surface area contributed by atoms with Gasteiger partial charge in [-0.05, 0) is 6.26 Å². The Balaban J connectivity index is 2.32. The summed E-state index contributed by atoms with van der Waals surface area (Å²) < 4.78 is 9.09. The molecule has 1 fully saturated rings. The Labute approximate surface area is 51.3 Å². The Morgan fingerprint density at radius 3 is 2.88 bits per heavy atom. The van der Waals surface area contributed by atoms with Crippen molar-refractivity contribution >= 4 is 17.9 Å². The molecule has 1 heterocycles. The summed E-state index contributed by atoms with van der Waals surface area (Å²) in [6.45, 7) is 0.389. The first-order valence-corrected chi connectivity index (χ1v) is 3.48. The van der Waals surface area contributed by atoms with Gasteiger partial charge in [-0.25, -0.2) is 4.79 Å². The molecule has 3 nitrogen and oxygen atoms in total. The normalized spacial score (nSPS) is 27.1. The quantitative estimate of drug-likeness (QED) is 0.498. The van der Waals surface area contributed by atoms with Gasteiger partial charge in [-0.2, -0.15) is 0 Å². The van der Waals surface area contributed by atoms with E-state index in [4.69, 9.17) is 0 Å². The highest BCUT2D eigenvalue weighted by molar-refractivity contribution is 7.99. The van der Waals surface area contributed by atoms with Crippen molar-refractivity contribution in [3.05, 3.63) is 0 Å². The van der Waals surface area contributed by atoms with Gasteiger partial charge in [-0.15, -0.1) is 11.8 Å². The minimum Gasteiger partial charge on any atom is -0.429 e. The van der Waals surface area contributed by atoms with E-state index in [1.165, 1.54) is 11.8 Å². The minimum atomic E-state index is -0.552. The average Bonchev–Trinajstić information content (AvgIpc) is 2.14. The zero-order valence-electron chi connectivity index (χ0n) is 4.42. The number of cyclic esters (lactones) is 2. The molecule has 1 aliphatic rings. The molecule has 1 saturated heterocycles. The maximum atomic E-state index is 10.2. The second-order valence-electron chi connectivity index (χ2n) is 1.34. The molecule has 0 bridgehead atoms. The molecule has 0 amide bonds. The maximum absolute atomic E-state index is 10.2. The number of hydrogen-bond acceptors (Lipinski definition) is 4. The number of hydrogen-bond donors (Lipinski definition) is 0. The van der Waals surface area contributed by atoms with Crippen molar-refractivity contribution in [2.24, 2.45) is 0 Å². The molecule has 0 aromatic heterocycles. The molecular weight excluding hydrogens is 128 g/mol. The van der Waals surface area contributed by atoms with Gasteiger partial charge >= 0.3 is 6.16 Å².